The highest BCUT2D eigenvalue weighted by Gasteiger charge is 2.30. The van der Waals surface area contributed by atoms with Crippen LogP contribution in [-0.4, -0.2) is 35.6 Å². The van der Waals surface area contributed by atoms with E-state index in [0.29, 0.717) is 12.0 Å². The summed E-state index contributed by atoms with van der Waals surface area (Å²) in [5, 5.41) is 3.50. The molecule has 1 unspecified atom stereocenters. The normalized spacial score (nSPS) is 21.6. The van der Waals surface area contributed by atoms with E-state index < -0.39 is 5.82 Å². The first-order valence-corrected chi connectivity index (χ1v) is 5.93. The van der Waals surface area contributed by atoms with Gasteiger partial charge >= 0.3 is 0 Å². The Morgan fingerprint density at radius 3 is 2.59 bits per heavy atom. The second kappa shape index (κ2) is 4.56. The molecule has 4 nitrogen and oxygen atoms in total. The number of hydrogen-bond donors (Lipinski definition) is 1. The molecule has 0 bridgehead atoms. The molecule has 1 fully saturated rings. The van der Waals surface area contributed by atoms with Crippen LogP contribution in [0.2, 0.25) is 0 Å². The molecule has 1 aromatic heterocycles. The molecule has 0 spiro atoms. The van der Waals surface area contributed by atoms with Gasteiger partial charge in [0.2, 0.25) is 5.95 Å². The number of halogens is 1. The molecular formula is C12H19FN4. The van der Waals surface area contributed by atoms with Gasteiger partial charge in [-0.1, -0.05) is 20.8 Å². The maximum absolute atomic E-state index is 12.8. The summed E-state index contributed by atoms with van der Waals surface area (Å²) in [6.07, 6.45) is 2.44. The average molecular weight is 238 g/mol. The highest BCUT2D eigenvalue weighted by molar-refractivity contribution is 5.30. The van der Waals surface area contributed by atoms with Gasteiger partial charge in [-0.05, 0) is 5.41 Å². The van der Waals surface area contributed by atoms with Crippen molar-refractivity contribution < 1.29 is 4.39 Å². The summed E-state index contributed by atoms with van der Waals surface area (Å²) in [6, 6.07) is 0.393. The van der Waals surface area contributed by atoms with Crippen molar-refractivity contribution in [3.8, 4) is 0 Å². The van der Waals surface area contributed by atoms with Crippen LogP contribution >= 0.6 is 0 Å². The van der Waals surface area contributed by atoms with E-state index in [4.69, 9.17) is 0 Å². The molecule has 0 amide bonds. The lowest BCUT2D eigenvalue weighted by atomic mass is 9.85. The number of anilines is 1. The highest BCUT2D eigenvalue weighted by atomic mass is 19.1. The molecule has 0 saturated carbocycles. The van der Waals surface area contributed by atoms with Gasteiger partial charge in [0, 0.05) is 25.7 Å². The van der Waals surface area contributed by atoms with Crippen LogP contribution in [0.4, 0.5) is 10.3 Å². The molecule has 1 saturated heterocycles. The minimum absolute atomic E-state index is 0.193. The topological polar surface area (TPSA) is 41.1 Å². The van der Waals surface area contributed by atoms with Crippen molar-refractivity contribution in [2.24, 2.45) is 5.41 Å². The van der Waals surface area contributed by atoms with Gasteiger partial charge < -0.3 is 10.2 Å². The summed E-state index contributed by atoms with van der Waals surface area (Å²) in [5.74, 6) is 0.221. The number of aromatic nitrogens is 2. The van der Waals surface area contributed by atoms with Gasteiger partial charge in [0.05, 0.1) is 12.4 Å². The largest absolute Gasteiger partial charge is 0.338 e. The maximum Gasteiger partial charge on any atom is 0.225 e. The molecule has 1 aliphatic heterocycles. The van der Waals surface area contributed by atoms with Crippen molar-refractivity contribution in [1.29, 1.82) is 0 Å². The van der Waals surface area contributed by atoms with Crippen molar-refractivity contribution in [3.63, 3.8) is 0 Å². The molecule has 2 rings (SSSR count). The van der Waals surface area contributed by atoms with Gasteiger partial charge in [0.15, 0.2) is 5.82 Å². The predicted octanol–water partition coefficient (Wildman–Crippen LogP) is 1.44. The Kier molecular flexibility index (Phi) is 3.28. The highest BCUT2D eigenvalue weighted by Crippen LogP contribution is 2.23. The molecule has 5 heteroatoms. The Bertz CT molecular complexity index is 371. The molecule has 0 radical (unpaired) electrons. The molecule has 1 aliphatic rings. The summed E-state index contributed by atoms with van der Waals surface area (Å²) in [6.45, 7) is 9.25. The Morgan fingerprint density at radius 1 is 1.35 bits per heavy atom. The van der Waals surface area contributed by atoms with E-state index in [9.17, 15) is 4.39 Å². The number of nitrogens with one attached hydrogen (secondary N) is 1. The third kappa shape index (κ3) is 2.91. The Hall–Kier alpha value is -1.23. The second-order valence-electron chi connectivity index (χ2n) is 5.52. The SMILES string of the molecule is CC(C)(C)C1CN(c2ncc(F)cn2)CCN1. The van der Waals surface area contributed by atoms with Crippen LogP contribution in [0.3, 0.4) is 0 Å². The fraction of sp³-hybridized carbons (Fsp3) is 0.667. The summed E-state index contributed by atoms with van der Waals surface area (Å²) in [4.78, 5) is 10.2. The molecular weight excluding hydrogens is 219 g/mol. The zero-order chi connectivity index (χ0) is 12.5. The lowest BCUT2D eigenvalue weighted by Gasteiger charge is -2.40. The smallest absolute Gasteiger partial charge is 0.225 e. The molecule has 17 heavy (non-hydrogen) atoms. The van der Waals surface area contributed by atoms with Crippen LogP contribution in [0.25, 0.3) is 0 Å². The van der Waals surface area contributed by atoms with E-state index in [0.717, 1.165) is 19.6 Å². The van der Waals surface area contributed by atoms with Crippen molar-refractivity contribution in [1.82, 2.24) is 15.3 Å². The van der Waals surface area contributed by atoms with E-state index in [-0.39, 0.29) is 5.41 Å². The van der Waals surface area contributed by atoms with Crippen molar-refractivity contribution in [3.05, 3.63) is 18.2 Å². The van der Waals surface area contributed by atoms with Crippen LogP contribution in [0, 0.1) is 11.2 Å². The number of rotatable bonds is 1. The fourth-order valence-corrected chi connectivity index (χ4v) is 1.98. The lowest BCUT2D eigenvalue weighted by molar-refractivity contribution is 0.253. The minimum atomic E-state index is -0.392. The monoisotopic (exact) mass is 238 g/mol. The predicted molar refractivity (Wildman–Crippen MR) is 65.4 cm³/mol. The van der Waals surface area contributed by atoms with Gasteiger partial charge in [-0.15, -0.1) is 0 Å². The third-order valence-electron chi connectivity index (χ3n) is 3.11. The van der Waals surface area contributed by atoms with E-state index in [2.05, 4.69) is 41.0 Å². The third-order valence-corrected chi connectivity index (χ3v) is 3.11. The summed E-state index contributed by atoms with van der Waals surface area (Å²) < 4.78 is 12.8. The first-order valence-electron chi connectivity index (χ1n) is 5.93. The van der Waals surface area contributed by atoms with Gasteiger partial charge in [-0.25, -0.2) is 14.4 Å². The van der Waals surface area contributed by atoms with Gasteiger partial charge in [0.1, 0.15) is 0 Å². The standard InChI is InChI=1S/C12H19FN4/c1-12(2,3)10-8-17(5-4-14-10)11-15-6-9(13)7-16-11/h6-7,10,14H,4-5,8H2,1-3H3. The number of piperazine rings is 1. The quantitative estimate of drug-likeness (QED) is 0.804. The molecule has 1 atom stereocenters. The van der Waals surface area contributed by atoms with Crippen molar-refractivity contribution >= 4 is 5.95 Å². The lowest BCUT2D eigenvalue weighted by Crippen LogP contribution is -2.56. The molecule has 0 aliphatic carbocycles. The molecule has 1 N–H and O–H groups in total. The van der Waals surface area contributed by atoms with E-state index in [1.807, 2.05) is 0 Å². The summed E-state index contributed by atoms with van der Waals surface area (Å²) >= 11 is 0. The van der Waals surface area contributed by atoms with Crippen LogP contribution in [0.15, 0.2) is 12.4 Å². The molecule has 0 aromatic carbocycles. The zero-order valence-electron chi connectivity index (χ0n) is 10.6. The van der Waals surface area contributed by atoms with Gasteiger partial charge in [-0.2, -0.15) is 0 Å². The zero-order valence-corrected chi connectivity index (χ0v) is 10.6. The first-order chi connectivity index (χ1) is 7.97. The second-order valence-corrected chi connectivity index (χ2v) is 5.52. The van der Waals surface area contributed by atoms with Crippen LogP contribution < -0.4 is 10.2 Å². The van der Waals surface area contributed by atoms with E-state index in [1.54, 1.807) is 0 Å². The number of nitrogens with zero attached hydrogens (tertiary/aromatic N) is 3. The maximum atomic E-state index is 12.8. The summed E-state index contributed by atoms with van der Waals surface area (Å²) in [7, 11) is 0. The number of hydrogen-bond acceptors (Lipinski definition) is 4. The van der Waals surface area contributed by atoms with Crippen LogP contribution in [-0.2, 0) is 0 Å². The molecule has 94 valence electrons. The average Bonchev–Trinajstić information content (AvgIpc) is 2.29. The van der Waals surface area contributed by atoms with Crippen molar-refractivity contribution in [2.45, 2.75) is 26.8 Å². The fourth-order valence-electron chi connectivity index (χ4n) is 1.98. The van der Waals surface area contributed by atoms with Gasteiger partial charge in [-0.3, -0.25) is 0 Å². The van der Waals surface area contributed by atoms with E-state index in [1.165, 1.54) is 12.4 Å². The van der Waals surface area contributed by atoms with Crippen LogP contribution in [0.1, 0.15) is 20.8 Å². The first kappa shape index (κ1) is 12.2. The van der Waals surface area contributed by atoms with Gasteiger partial charge in [0.25, 0.3) is 0 Å². The van der Waals surface area contributed by atoms with Crippen molar-refractivity contribution in [2.75, 3.05) is 24.5 Å². The van der Waals surface area contributed by atoms with Crippen LogP contribution in [0.5, 0.6) is 0 Å². The minimum Gasteiger partial charge on any atom is -0.338 e. The Balaban J connectivity index is 2.09. The molecule has 2 heterocycles. The summed E-state index contributed by atoms with van der Waals surface area (Å²) in [5.41, 5.74) is 0.193. The Labute approximate surface area is 101 Å². The molecule has 1 aromatic rings. The Morgan fingerprint density at radius 2 is 2.00 bits per heavy atom. The van der Waals surface area contributed by atoms with E-state index >= 15 is 0 Å².